The Morgan fingerprint density at radius 3 is 2.00 bits per heavy atom. The van der Waals surface area contributed by atoms with Crippen molar-refractivity contribution in [3.63, 3.8) is 0 Å². The molecule has 0 bridgehead atoms. The molecule has 1 saturated heterocycles. The van der Waals surface area contributed by atoms with Gasteiger partial charge in [0.15, 0.2) is 0 Å². The van der Waals surface area contributed by atoms with Crippen LogP contribution in [0.2, 0.25) is 0 Å². The molecular formula is C20H22N4O2. The van der Waals surface area contributed by atoms with E-state index >= 15 is 0 Å². The fourth-order valence-electron chi connectivity index (χ4n) is 3.41. The van der Waals surface area contributed by atoms with E-state index in [4.69, 9.17) is 0 Å². The van der Waals surface area contributed by atoms with Gasteiger partial charge in [0.25, 0.3) is 11.8 Å². The second kappa shape index (κ2) is 6.80. The van der Waals surface area contributed by atoms with Crippen molar-refractivity contribution in [3.8, 4) is 0 Å². The Morgan fingerprint density at radius 1 is 0.846 bits per heavy atom. The van der Waals surface area contributed by atoms with Gasteiger partial charge in [-0.3, -0.25) is 14.5 Å². The van der Waals surface area contributed by atoms with Gasteiger partial charge in [0.2, 0.25) is 0 Å². The van der Waals surface area contributed by atoms with Crippen LogP contribution in [0.1, 0.15) is 20.7 Å². The average molecular weight is 350 g/mol. The molecule has 1 N–H and O–H groups in total. The van der Waals surface area contributed by atoms with Crippen molar-refractivity contribution in [1.29, 1.82) is 0 Å². The van der Waals surface area contributed by atoms with E-state index in [0.29, 0.717) is 11.1 Å². The van der Waals surface area contributed by atoms with Crippen LogP contribution in [0.25, 0.3) is 0 Å². The molecule has 0 radical (unpaired) electrons. The quantitative estimate of drug-likeness (QED) is 0.856. The van der Waals surface area contributed by atoms with Crippen LogP contribution in [-0.4, -0.2) is 61.5 Å². The normalized spacial score (nSPS) is 17.6. The van der Waals surface area contributed by atoms with Gasteiger partial charge in [-0.2, -0.15) is 0 Å². The Bertz CT molecular complexity index is 791. The van der Waals surface area contributed by atoms with Crippen molar-refractivity contribution in [2.45, 2.75) is 0 Å². The monoisotopic (exact) mass is 350 g/mol. The summed E-state index contributed by atoms with van der Waals surface area (Å²) in [6.45, 7) is 4.36. The predicted octanol–water partition coefficient (Wildman–Crippen LogP) is 2.10. The summed E-state index contributed by atoms with van der Waals surface area (Å²) in [5.41, 5.74) is 3.04. The zero-order valence-corrected chi connectivity index (χ0v) is 14.8. The number of amides is 2. The maximum absolute atomic E-state index is 12.4. The lowest BCUT2D eigenvalue weighted by atomic mass is 10.1. The molecule has 2 aromatic carbocycles. The summed E-state index contributed by atoms with van der Waals surface area (Å²) >= 11 is 0. The van der Waals surface area contributed by atoms with E-state index in [1.807, 2.05) is 12.1 Å². The molecule has 2 aromatic rings. The average Bonchev–Trinajstić information content (AvgIpc) is 2.92. The Kier molecular flexibility index (Phi) is 4.34. The molecule has 4 rings (SSSR count). The molecule has 6 nitrogen and oxygen atoms in total. The van der Waals surface area contributed by atoms with Gasteiger partial charge in [-0.1, -0.05) is 12.1 Å². The predicted molar refractivity (Wildman–Crippen MR) is 102 cm³/mol. The lowest BCUT2D eigenvalue weighted by molar-refractivity contribution is 0.0666. The fraction of sp³-hybridized carbons (Fsp3) is 0.300. The molecule has 0 aromatic heterocycles. The summed E-state index contributed by atoms with van der Waals surface area (Å²) in [5, 5.41) is 3.18. The SMILES string of the molecule is CN1CCN(c2ccc(NCN3C(=O)c4ccccc4C3=O)cc2)CC1. The lowest BCUT2D eigenvalue weighted by Crippen LogP contribution is -2.44. The van der Waals surface area contributed by atoms with Crippen molar-refractivity contribution < 1.29 is 9.59 Å². The van der Waals surface area contributed by atoms with E-state index in [1.54, 1.807) is 24.3 Å². The van der Waals surface area contributed by atoms with Crippen LogP contribution in [0, 0.1) is 0 Å². The van der Waals surface area contributed by atoms with Crippen LogP contribution in [0.4, 0.5) is 11.4 Å². The van der Waals surface area contributed by atoms with Crippen molar-refractivity contribution in [2.24, 2.45) is 0 Å². The van der Waals surface area contributed by atoms with Crippen LogP contribution in [0.15, 0.2) is 48.5 Å². The van der Waals surface area contributed by atoms with Gasteiger partial charge in [0.1, 0.15) is 0 Å². The van der Waals surface area contributed by atoms with Crippen LogP contribution in [-0.2, 0) is 0 Å². The Labute approximate surface area is 153 Å². The molecule has 6 heteroatoms. The number of likely N-dealkylation sites (N-methyl/N-ethyl adjacent to an activating group) is 1. The van der Waals surface area contributed by atoms with Crippen LogP contribution in [0.5, 0.6) is 0 Å². The number of benzene rings is 2. The maximum Gasteiger partial charge on any atom is 0.263 e. The number of piperazine rings is 1. The van der Waals surface area contributed by atoms with Gasteiger partial charge < -0.3 is 15.1 Å². The first-order chi connectivity index (χ1) is 12.6. The first-order valence-electron chi connectivity index (χ1n) is 8.86. The number of carbonyl (C=O) groups excluding carboxylic acids is 2. The van der Waals surface area contributed by atoms with Gasteiger partial charge in [0.05, 0.1) is 17.8 Å². The van der Waals surface area contributed by atoms with Gasteiger partial charge in [-0.05, 0) is 43.4 Å². The summed E-state index contributed by atoms with van der Waals surface area (Å²) in [5.74, 6) is -0.487. The molecule has 2 aliphatic rings. The molecule has 2 aliphatic heterocycles. The van der Waals surface area contributed by atoms with Crippen molar-refractivity contribution in [3.05, 3.63) is 59.7 Å². The summed E-state index contributed by atoms with van der Waals surface area (Å²) in [6.07, 6.45) is 0. The van der Waals surface area contributed by atoms with E-state index in [2.05, 4.69) is 34.3 Å². The van der Waals surface area contributed by atoms with E-state index in [1.165, 1.54) is 10.6 Å². The standard InChI is InChI=1S/C20H22N4O2/c1-22-10-12-23(13-11-22)16-8-6-15(7-9-16)21-14-24-19(25)17-4-2-3-5-18(17)20(24)26/h2-9,21H,10-14H2,1H3. The van der Waals surface area contributed by atoms with E-state index in [9.17, 15) is 9.59 Å². The number of hydrogen-bond donors (Lipinski definition) is 1. The van der Waals surface area contributed by atoms with Crippen LogP contribution >= 0.6 is 0 Å². The zero-order valence-electron chi connectivity index (χ0n) is 14.8. The van der Waals surface area contributed by atoms with Crippen molar-refractivity contribution in [2.75, 3.05) is 50.1 Å². The minimum Gasteiger partial charge on any atom is -0.369 e. The largest absolute Gasteiger partial charge is 0.369 e. The molecular weight excluding hydrogens is 328 g/mol. The molecule has 0 atom stereocenters. The first kappa shape index (κ1) is 16.6. The number of carbonyl (C=O) groups is 2. The molecule has 0 saturated carbocycles. The van der Waals surface area contributed by atoms with Crippen molar-refractivity contribution >= 4 is 23.2 Å². The fourth-order valence-corrected chi connectivity index (χ4v) is 3.41. The summed E-state index contributed by atoms with van der Waals surface area (Å²) in [4.78, 5) is 30.7. The number of rotatable bonds is 4. The van der Waals surface area contributed by atoms with Crippen LogP contribution < -0.4 is 10.2 Å². The highest BCUT2D eigenvalue weighted by atomic mass is 16.2. The second-order valence-electron chi connectivity index (χ2n) is 6.76. The number of hydrogen-bond acceptors (Lipinski definition) is 5. The molecule has 0 spiro atoms. The number of nitrogens with zero attached hydrogens (tertiary/aromatic N) is 3. The molecule has 2 amide bonds. The van der Waals surface area contributed by atoms with Gasteiger partial charge in [-0.25, -0.2) is 0 Å². The number of imide groups is 1. The Morgan fingerprint density at radius 2 is 1.42 bits per heavy atom. The number of nitrogens with one attached hydrogen (secondary N) is 1. The highest BCUT2D eigenvalue weighted by molar-refractivity contribution is 6.21. The Hall–Kier alpha value is -2.86. The van der Waals surface area contributed by atoms with Gasteiger partial charge in [-0.15, -0.1) is 0 Å². The van der Waals surface area contributed by atoms with E-state index in [0.717, 1.165) is 31.9 Å². The molecule has 0 aliphatic carbocycles. The molecule has 2 heterocycles. The van der Waals surface area contributed by atoms with Crippen LogP contribution in [0.3, 0.4) is 0 Å². The highest BCUT2D eigenvalue weighted by Crippen LogP contribution is 2.23. The summed E-state index contributed by atoms with van der Waals surface area (Å²) < 4.78 is 0. The zero-order chi connectivity index (χ0) is 18.1. The third-order valence-electron chi connectivity index (χ3n) is 5.06. The molecule has 1 fully saturated rings. The first-order valence-corrected chi connectivity index (χ1v) is 8.86. The van der Waals surface area contributed by atoms with E-state index in [-0.39, 0.29) is 18.5 Å². The Balaban J connectivity index is 1.38. The highest BCUT2D eigenvalue weighted by Gasteiger charge is 2.34. The lowest BCUT2D eigenvalue weighted by Gasteiger charge is -2.34. The molecule has 26 heavy (non-hydrogen) atoms. The van der Waals surface area contributed by atoms with Gasteiger partial charge in [0, 0.05) is 37.6 Å². The third-order valence-corrected chi connectivity index (χ3v) is 5.06. The number of anilines is 2. The smallest absolute Gasteiger partial charge is 0.263 e. The topological polar surface area (TPSA) is 55.9 Å². The molecule has 134 valence electrons. The third kappa shape index (κ3) is 3.04. The minimum atomic E-state index is -0.243. The van der Waals surface area contributed by atoms with E-state index < -0.39 is 0 Å². The molecule has 0 unspecified atom stereocenters. The minimum absolute atomic E-state index is 0.167. The number of fused-ring (bicyclic) bond motifs is 1. The summed E-state index contributed by atoms with van der Waals surface area (Å²) in [6, 6.07) is 15.1. The van der Waals surface area contributed by atoms with Crippen molar-refractivity contribution in [1.82, 2.24) is 9.80 Å². The summed E-state index contributed by atoms with van der Waals surface area (Å²) in [7, 11) is 2.14. The second-order valence-corrected chi connectivity index (χ2v) is 6.76. The maximum atomic E-state index is 12.4. The van der Waals surface area contributed by atoms with Gasteiger partial charge >= 0.3 is 0 Å².